The van der Waals surface area contributed by atoms with Crippen molar-refractivity contribution < 1.29 is 14.7 Å². The molecule has 0 aliphatic rings. The van der Waals surface area contributed by atoms with Gasteiger partial charge in [0.15, 0.2) is 11.9 Å². The van der Waals surface area contributed by atoms with Crippen molar-refractivity contribution in [2.75, 3.05) is 0 Å². The van der Waals surface area contributed by atoms with E-state index in [0.717, 1.165) is 4.47 Å². The summed E-state index contributed by atoms with van der Waals surface area (Å²) in [5.74, 6) is 0.0170. The van der Waals surface area contributed by atoms with Gasteiger partial charge in [-0.05, 0) is 45.0 Å². The second-order valence-corrected chi connectivity index (χ2v) is 6.63. The lowest BCUT2D eigenvalue weighted by molar-refractivity contribution is -0.606. The van der Waals surface area contributed by atoms with Crippen LogP contribution in [0.5, 0.6) is 5.75 Å². The van der Waals surface area contributed by atoms with E-state index in [1.165, 1.54) is 12.3 Å². The molecule has 2 aromatic rings. The maximum absolute atomic E-state index is 12.0. The fourth-order valence-corrected chi connectivity index (χ4v) is 2.09. The van der Waals surface area contributed by atoms with E-state index in [0.29, 0.717) is 16.0 Å². The third-order valence-electron chi connectivity index (χ3n) is 2.69. The number of benzene rings is 1. The summed E-state index contributed by atoms with van der Waals surface area (Å²) in [4.78, 5) is 5.46. The molecule has 0 saturated carbocycles. The number of nitrogens with zero attached hydrogens (tertiary/aromatic N) is 2. The van der Waals surface area contributed by atoms with E-state index in [2.05, 4.69) is 21.1 Å². The summed E-state index contributed by atoms with van der Waals surface area (Å²) in [6.45, 7) is 5.56. The number of oxime groups is 1. The zero-order valence-electron chi connectivity index (χ0n) is 12.6. The maximum Gasteiger partial charge on any atom is 0.246 e. The second kappa shape index (κ2) is 6.36. The van der Waals surface area contributed by atoms with Gasteiger partial charge in [-0.3, -0.25) is 0 Å². The van der Waals surface area contributed by atoms with Gasteiger partial charge in [0.05, 0.1) is 5.56 Å². The number of aromatic nitrogens is 1. The quantitative estimate of drug-likeness (QED) is 0.393. The SMILES string of the molecule is CC(C)(C)O/N=C(/c1cc(Br)ccc1O)c1cccc[n+]1[O-]. The van der Waals surface area contributed by atoms with Gasteiger partial charge in [0.1, 0.15) is 11.4 Å². The van der Waals surface area contributed by atoms with Crippen molar-refractivity contribution in [2.45, 2.75) is 26.4 Å². The van der Waals surface area contributed by atoms with Gasteiger partial charge in [0.25, 0.3) is 0 Å². The van der Waals surface area contributed by atoms with E-state index >= 15 is 0 Å². The topological polar surface area (TPSA) is 68.8 Å². The molecule has 0 unspecified atom stereocenters. The van der Waals surface area contributed by atoms with Gasteiger partial charge >= 0.3 is 0 Å². The van der Waals surface area contributed by atoms with E-state index in [1.54, 1.807) is 30.3 Å². The van der Waals surface area contributed by atoms with Crippen LogP contribution in [0.3, 0.4) is 0 Å². The highest BCUT2D eigenvalue weighted by atomic mass is 79.9. The van der Waals surface area contributed by atoms with Crippen molar-refractivity contribution >= 4 is 21.6 Å². The van der Waals surface area contributed by atoms with E-state index in [1.807, 2.05) is 20.8 Å². The molecule has 0 saturated heterocycles. The Morgan fingerprint density at radius 2 is 2.00 bits per heavy atom. The smallest absolute Gasteiger partial charge is 0.246 e. The Morgan fingerprint density at radius 1 is 1.27 bits per heavy atom. The van der Waals surface area contributed by atoms with Crippen molar-refractivity contribution in [3.05, 3.63) is 63.5 Å². The van der Waals surface area contributed by atoms with Crippen LogP contribution in [0.1, 0.15) is 32.0 Å². The summed E-state index contributed by atoms with van der Waals surface area (Å²) >= 11 is 3.35. The Kier molecular flexibility index (Phi) is 4.71. The molecule has 1 heterocycles. The molecule has 0 atom stereocenters. The average molecular weight is 365 g/mol. The highest BCUT2D eigenvalue weighted by Crippen LogP contribution is 2.25. The fourth-order valence-electron chi connectivity index (χ4n) is 1.73. The fraction of sp³-hybridized carbons (Fsp3) is 0.250. The van der Waals surface area contributed by atoms with Gasteiger partial charge in [-0.15, -0.1) is 0 Å². The summed E-state index contributed by atoms with van der Waals surface area (Å²) in [6.07, 6.45) is 1.37. The maximum atomic E-state index is 12.0. The average Bonchev–Trinajstić information content (AvgIpc) is 2.43. The minimum atomic E-state index is -0.518. The molecule has 0 aliphatic carbocycles. The molecule has 1 aromatic carbocycles. The van der Waals surface area contributed by atoms with E-state index < -0.39 is 5.60 Å². The van der Waals surface area contributed by atoms with Crippen LogP contribution < -0.4 is 4.73 Å². The third kappa shape index (κ3) is 3.98. The predicted molar refractivity (Wildman–Crippen MR) is 87.7 cm³/mol. The lowest BCUT2D eigenvalue weighted by atomic mass is 10.1. The Balaban J connectivity index is 2.61. The summed E-state index contributed by atoms with van der Waals surface area (Å²) in [5.41, 5.74) is 0.453. The number of aromatic hydroxyl groups is 1. The number of phenols is 1. The Bertz CT molecular complexity index is 709. The van der Waals surface area contributed by atoms with Crippen molar-refractivity contribution in [2.24, 2.45) is 5.16 Å². The number of hydrogen-bond acceptors (Lipinski definition) is 4. The molecule has 22 heavy (non-hydrogen) atoms. The number of hydrogen-bond donors (Lipinski definition) is 1. The Hall–Kier alpha value is -2.08. The van der Waals surface area contributed by atoms with Crippen molar-refractivity contribution in [3.63, 3.8) is 0 Å². The molecular formula is C16H17BrN2O3. The Morgan fingerprint density at radius 3 is 2.64 bits per heavy atom. The predicted octanol–water partition coefficient (Wildman–Crippen LogP) is 3.36. The zero-order chi connectivity index (χ0) is 16.3. The molecular weight excluding hydrogens is 348 g/mol. The first-order chi connectivity index (χ1) is 10.3. The second-order valence-electron chi connectivity index (χ2n) is 5.72. The van der Waals surface area contributed by atoms with Gasteiger partial charge < -0.3 is 15.2 Å². The van der Waals surface area contributed by atoms with Crippen LogP contribution in [0.4, 0.5) is 0 Å². The molecule has 116 valence electrons. The minimum absolute atomic E-state index is 0.0170. The number of halogens is 1. The van der Waals surface area contributed by atoms with Crippen molar-refractivity contribution in [1.29, 1.82) is 0 Å². The van der Waals surface area contributed by atoms with Gasteiger partial charge in [-0.25, -0.2) is 0 Å². The summed E-state index contributed by atoms with van der Waals surface area (Å²) in [5, 5.41) is 26.3. The van der Waals surface area contributed by atoms with Crippen LogP contribution in [0.2, 0.25) is 0 Å². The van der Waals surface area contributed by atoms with Gasteiger partial charge in [0.2, 0.25) is 5.69 Å². The van der Waals surface area contributed by atoms with Gasteiger partial charge in [-0.1, -0.05) is 21.1 Å². The molecule has 0 bridgehead atoms. The van der Waals surface area contributed by atoms with Crippen LogP contribution >= 0.6 is 15.9 Å². The van der Waals surface area contributed by atoms with Crippen molar-refractivity contribution in [3.8, 4) is 5.75 Å². The molecule has 0 spiro atoms. The first-order valence-electron chi connectivity index (χ1n) is 6.71. The molecule has 0 fully saturated rings. The molecule has 1 aromatic heterocycles. The molecule has 1 N–H and O–H groups in total. The van der Waals surface area contributed by atoms with Gasteiger partial charge in [-0.2, -0.15) is 4.73 Å². The summed E-state index contributed by atoms with van der Waals surface area (Å²) < 4.78 is 1.45. The van der Waals surface area contributed by atoms with Crippen LogP contribution in [-0.4, -0.2) is 16.4 Å². The van der Waals surface area contributed by atoms with Gasteiger partial charge in [0, 0.05) is 16.6 Å². The Labute approximate surface area is 137 Å². The molecule has 0 radical (unpaired) electrons. The lowest BCUT2D eigenvalue weighted by Gasteiger charge is -2.17. The normalized spacial score (nSPS) is 12.3. The van der Waals surface area contributed by atoms with Crippen molar-refractivity contribution in [1.82, 2.24) is 0 Å². The van der Waals surface area contributed by atoms with E-state index in [-0.39, 0.29) is 11.5 Å². The van der Waals surface area contributed by atoms with E-state index in [9.17, 15) is 10.3 Å². The number of pyridine rings is 1. The lowest BCUT2D eigenvalue weighted by Crippen LogP contribution is -2.34. The summed E-state index contributed by atoms with van der Waals surface area (Å²) in [7, 11) is 0. The zero-order valence-corrected chi connectivity index (χ0v) is 14.2. The standard InChI is InChI=1S/C16H17BrN2O3/c1-16(2,3)22-18-15(13-6-4-5-9-19(13)21)12-10-11(17)7-8-14(12)20/h4-10,20H,1-3H3/b18-15-. The molecule has 0 aliphatic heterocycles. The first-order valence-corrected chi connectivity index (χ1v) is 7.51. The highest BCUT2D eigenvalue weighted by Gasteiger charge is 2.22. The highest BCUT2D eigenvalue weighted by molar-refractivity contribution is 9.10. The van der Waals surface area contributed by atoms with Crippen LogP contribution in [-0.2, 0) is 4.84 Å². The molecule has 6 heteroatoms. The largest absolute Gasteiger partial charge is 0.618 e. The van der Waals surface area contributed by atoms with Crippen LogP contribution in [0.15, 0.2) is 52.2 Å². The summed E-state index contributed by atoms with van der Waals surface area (Å²) in [6, 6.07) is 9.90. The third-order valence-corrected chi connectivity index (χ3v) is 3.18. The van der Waals surface area contributed by atoms with E-state index in [4.69, 9.17) is 4.84 Å². The molecule has 0 amide bonds. The van der Waals surface area contributed by atoms with Crippen LogP contribution in [0.25, 0.3) is 0 Å². The monoisotopic (exact) mass is 364 g/mol. The number of phenolic OH excluding ortho intramolecular Hbond substituents is 1. The number of rotatable bonds is 3. The first kappa shape index (κ1) is 16.3. The molecule has 2 rings (SSSR count). The minimum Gasteiger partial charge on any atom is -0.618 e. The van der Waals surface area contributed by atoms with Crippen LogP contribution in [0, 0.1) is 5.21 Å². The molecule has 5 nitrogen and oxygen atoms in total.